The average molecular weight is 72.1 g/mol. The van der Waals surface area contributed by atoms with Crippen molar-refractivity contribution in [1.82, 2.24) is 0 Å². The molecule has 0 amide bonds. The van der Waals surface area contributed by atoms with Crippen LogP contribution in [0.25, 0.3) is 0 Å². The van der Waals surface area contributed by atoms with Crippen LogP contribution in [0.1, 0.15) is 13.8 Å². The van der Waals surface area contributed by atoms with Crippen LogP contribution in [-0.4, -0.2) is 6.54 Å². The van der Waals surface area contributed by atoms with E-state index in [-0.39, 0.29) is 0 Å². The molecule has 0 aromatic rings. The lowest BCUT2D eigenvalue weighted by Gasteiger charge is -1.90. The van der Waals surface area contributed by atoms with Gasteiger partial charge in [0.2, 0.25) is 0 Å². The van der Waals surface area contributed by atoms with E-state index in [2.05, 4.69) is 0 Å². The predicted molar refractivity (Wildman–Crippen MR) is 23.6 cm³/mol. The van der Waals surface area contributed by atoms with Gasteiger partial charge in [-0.2, -0.15) is 0 Å². The number of hydrogen-bond donors (Lipinski definition) is 1. The lowest BCUT2D eigenvalue weighted by atomic mass is 10.2. The monoisotopic (exact) mass is 72.1 g/mol. The maximum Gasteiger partial charge on any atom is -0.00202 e. The normalized spacial score (nSPS) is 9.60. The number of rotatable bonds is 1. The minimum absolute atomic E-state index is 0.722. The van der Waals surface area contributed by atoms with Crippen molar-refractivity contribution in [2.24, 2.45) is 5.73 Å². The molecule has 1 nitrogen and oxygen atoms in total. The quantitative estimate of drug-likeness (QED) is 0.481. The molecule has 0 saturated heterocycles. The van der Waals surface area contributed by atoms with Gasteiger partial charge in [0.1, 0.15) is 0 Å². The molecular formula is C4H10N. The average Bonchev–Trinajstić information content (AvgIpc) is 1.38. The molecule has 0 saturated carbocycles. The van der Waals surface area contributed by atoms with E-state index >= 15 is 0 Å². The van der Waals surface area contributed by atoms with Crippen LogP contribution in [0.2, 0.25) is 0 Å². The number of nitrogens with two attached hydrogens (primary N) is 1. The maximum absolute atomic E-state index is 5.13. The third-order valence-corrected chi connectivity index (χ3v) is 0.408. The lowest BCUT2D eigenvalue weighted by Crippen LogP contribution is -2.03. The molecule has 1 radical (unpaired) electrons. The van der Waals surface area contributed by atoms with E-state index in [4.69, 9.17) is 5.73 Å². The summed E-state index contributed by atoms with van der Waals surface area (Å²) in [5, 5.41) is 0. The van der Waals surface area contributed by atoms with Crippen LogP contribution in [-0.2, 0) is 0 Å². The van der Waals surface area contributed by atoms with Gasteiger partial charge in [-0.3, -0.25) is 0 Å². The molecule has 2 N–H and O–H groups in total. The Morgan fingerprint density at radius 2 is 1.80 bits per heavy atom. The third kappa shape index (κ3) is 3.96. The molecule has 0 spiro atoms. The SMILES string of the molecule is C[C](C)CN. The topological polar surface area (TPSA) is 26.0 Å². The fraction of sp³-hybridized carbons (Fsp3) is 0.750. The van der Waals surface area contributed by atoms with Crippen LogP contribution in [0.5, 0.6) is 0 Å². The van der Waals surface area contributed by atoms with E-state index in [1.165, 1.54) is 5.92 Å². The first-order chi connectivity index (χ1) is 2.27. The van der Waals surface area contributed by atoms with E-state index in [1.54, 1.807) is 0 Å². The summed E-state index contributed by atoms with van der Waals surface area (Å²) >= 11 is 0. The summed E-state index contributed by atoms with van der Waals surface area (Å²) in [6.07, 6.45) is 0. The first-order valence-corrected chi connectivity index (χ1v) is 1.76. The van der Waals surface area contributed by atoms with Crippen LogP contribution in [0.15, 0.2) is 0 Å². The van der Waals surface area contributed by atoms with Gasteiger partial charge < -0.3 is 5.73 Å². The van der Waals surface area contributed by atoms with Crippen molar-refractivity contribution in [3.63, 3.8) is 0 Å². The van der Waals surface area contributed by atoms with Gasteiger partial charge in [0.05, 0.1) is 0 Å². The fourth-order valence-corrected chi connectivity index (χ4v) is 0. The summed E-state index contributed by atoms with van der Waals surface area (Å²) in [6, 6.07) is 0. The Kier molecular flexibility index (Phi) is 2.19. The highest BCUT2D eigenvalue weighted by Gasteiger charge is 1.81. The molecule has 0 fully saturated rings. The van der Waals surface area contributed by atoms with Crippen molar-refractivity contribution >= 4 is 0 Å². The molecule has 31 valence electrons. The molecule has 0 rings (SSSR count). The summed E-state index contributed by atoms with van der Waals surface area (Å²) in [4.78, 5) is 0. The highest BCUT2D eigenvalue weighted by Crippen LogP contribution is 1.85. The van der Waals surface area contributed by atoms with Crippen molar-refractivity contribution in [2.45, 2.75) is 13.8 Å². The zero-order chi connectivity index (χ0) is 4.28. The molecule has 0 aliphatic carbocycles. The van der Waals surface area contributed by atoms with Gasteiger partial charge in [0.15, 0.2) is 0 Å². The van der Waals surface area contributed by atoms with Gasteiger partial charge >= 0.3 is 0 Å². The Balaban J connectivity index is 2.54. The molecule has 1 heteroatoms. The minimum atomic E-state index is 0.722. The Bertz CT molecular complexity index is 17.6. The van der Waals surface area contributed by atoms with Crippen LogP contribution in [0.3, 0.4) is 0 Å². The highest BCUT2D eigenvalue weighted by atomic mass is 14.5. The van der Waals surface area contributed by atoms with Crippen molar-refractivity contribution in [2.75, 3.05) is 6.54 Å². The van der Waals surface area contributed by atoms with E-state index in [9.17, 15) is 0 Å². The van der Waals surface area contributed by atoms with Crippen LogP contribution in [0.4, 0.5) is 0 Å². The Hall–Kier alpha value is -0.0400. The summed E-state index contributed by atoms with van der Waals surface area (Å²) in [5.74, 6) is 1.28. The summed E-state index contributed by atoms with van der Waals surface area (Å²) in [5.41, 5.74) is 5.13. The second-order valence-corrected chi connectivity index (χ2v) is 1.41. The fourth-order valence-electron chi connectivity index (χ4n) is 0. The molecule has 0 aliphatic heterocycles. The number of hydrogen-bond acceptors (Lipinski definition) is 1. The highest BCUT2D eigenvalue weighted by molar-refractivity contribution is 4.76. The van der Waals surface area contributed by atoms with Crippen molar-refractivity contribution in [3.05, 3.63) is 5.92 Å². The lowest BCUT2D eigenvalue weighted by molar-refractivity contribution is 0.964. The Labute approximate surface area is 33.2 Å². The molecule has 0 heterocycles. The van der Waals surface area contributed by atoms with E-state index in [0.29, 0.717) is 0 Å². The van der Waals surface area contributed by atoms with Gasteiger partial charge in [-0.25, -0.2) is 0 Å². The molecule has 0 aromatic heterocycles. The summed E-state index contributed by atoms with van der Waals surface area (Å²) in [6.45, 7) is 4.75. The van der Waals surface area contributed by atoms with Gasteiger partial charge in [-0.15, -0.1) is 0 Å². The molecule has 0 aliphatic rings. The third-order valence-electron chi connectivity index (χ3n) is 0.408. The van der Waals surface area contributed by atoms with Crippen LogP contribution in [0, 0.1) is 5.92 Å². The van der Waals surface area contributed by atoms with Gasteiger partial charge in [0.25, 0.3) is 0 Å². The molecule has 0 aromatic carbocycles. The first kappa shape index (κ1) is 4.96. The van der Waals surface area contributed by atoms with Crippen LogP contribution < -0.4 is 5.73 Å². The maximum atomic E-state index is 5.13. The van der Waals surface area contributed by atoms with E-state index in [1.807, 2.05) is 13.8 Å². The van der Waals surface area contributed by atoms with Crippen LogP contribution >= 0.6 is 0 Å². The zero-order valence-electron chi connectivity index (χ0n) is 3.78. The second kappa shape index (κ2) is 2.21. The summed E-state index contributed by atoms with van der Waals surface area (Å²) in [7, 11) is 0. The molecular weight excluding hydrogens is 62.1 g/mol. The summed E-state index contributed by atoms with van der Waals surface area (Å²) < 4.78 is 0. The van der Waals surface area contributed by atoms with E-state index < -0.39 is 0 Å². The first-order valence-electron chi connectivity index (χ1n) is 1.76. The minimum Gasteiger partial charge on any atom is -0.330 e. The van der Waals surface area contributed by atoms with Crippen molar-refractivity contribution < 1.29 is 0 Å². The van der Waals surface area contributed by atoms with Gasteiger partial charge in [0, 0.05) is 0 Å². The smallest absolute Gasteiger partial charge is 0.00202 e. The van der Waals surface area contributed by atoms with Crippen molar-refractivity contribution in [3.8, 4) is 0 Å². The second-order valence-electron chi connectivity index (χ2n) is 1.41. The van der Waals surface area contributed by atoms with E-state index in [0.717, 1.165) is 6.54 Å². The Morgan fingerprint density at radius 1 is 1.60 bits per heavy atom. The molecule has 5 heavy (non-hydrogen) atoms. The zero-order valence-corrected chi connectivity index (χ0v) is 3.78. The standard InChI is InChI=1S/C4H10N/c1-4(2)3-5/h3,5H2,1-2H3. The molecule has 0 unspecified atom stereocenters. The molecule has 0 bridgehead atoms. The van der Waals surface area contributed by atoms with Gasteiger partial charge in [-0.1, -0.05) is 13.8 Å². The molecule has 0 atom stereocenters. The van der Waals surface area contributed by atoms with Crippen molar-refractivity contribution in [1.29, 1.82) is 0 Å². The van der Waals surface area contributed by atoms with Gasteiger partial charge in [-0.05, 0) is 12.5 Å². The largest absolute Gasteiger partial charge is 0.330 e. The predicted octanol–water partition coefficient (Wildman–Crippen LogP) is 0.559. The Morgan fingerprint density at radius 3 is 1.80 bits per heavy atom.